The summed E-state index contributed by atoms with van der Waals surface area (Å²) in [5, 5.41) is 4.56. The number of para-hydroxylation sites is 4. The van der Waals surface area contributed by atoms with Crippen molar-refractivity contribution >= 4 is 72.4 Å². The highest BCUT2D eigenvalue weighted by Gasteiger charge is 2.44. The molecule has 240 valence electrons. The number of benzene rings is 8. The summed E-state index contributed by atoms with van der Waals surface area (Å²) in [4.78, 5) is 0. The molecule has 0 radical (unpaired) electrons. The first-order chi connectivity index (χ1) is 29.1. The van der Waals surface area contributed by atoms with Gasteiger partial charge in [0.05, 0.1) is 34.4 Å². The van der Waals surface area contributed by atoms with Gasteiger partial charge in [-0.1, -0.05) is 164 Å². The fourth-order valence-electron chi connectivity index (χ4n) is 7.95. The molecule has 10 aromatic rings. The maximum atomic E-state index is 10.9. The summed E-state index contributed by atoms with van der Waals surface area (Å²) < 4.78 is 88.9. The van der Waals surface area contributed by atoms with Gasteiger partial charge in [0.15, 0.2) is 8.07 Å². The zero-order valence-corrected chi connectivity index (χ0v) is 28.3. The third kappa shape index (κ3) is 4.35. The van der Waals surface area contributed by atoms with Crippen molar-refractivity contribution in [3.05, 3.63) is 206 Å². The van der Waals surface area contributed by atoms with E-state index in [0.29, 0.717) is 38.4 Å². The lowest BCUT2D eigenvalue weighted by molar-refractivity contribution is 1.17. The Bertz CT molecular complexity index is 3240. The highest BCUT2D eigenvalue weighted by atomic mass is 28.3. The first kappa shape index (κ1) is 21.6. The second-order valence-corrected chi connectivity index (χ2v) is 16.3. The molecule has 2 nitrogen and oxygen atoms in total. The number of hydrogen-bond acceptors (Lipinski definition) is 0. The van der Waals surface area contributed by atoms with Gasteiger partial charge in [-0.25, -0.2) is 0 Å². The van der Waals surface area contributed by atoms with E-state index in [1.807, 2.05) is 120 Å². The van der Waals surface area contributed by atoms with Crippen LogP contribution < -0.4 is 20.7 Å². The molecule has 3 heteroatoms. The van der Waals surface area contributed by atoms with E-state index in [1.165, 1.54) is 0 Å². The molecule has 0 unspecified atom stereocenters. The average molecular weight is 676 g/mol. The van der Waals surface area contributed by atoms with E-state index in [1.54, 1.807) is 4.57 Å². The zero-order chi connectivity index (χ0) is 41.6. The monoisotopic (exact) mass is 675 g/mol. The minimum absolute atomic E-state index is 0.0529. The first-order valence-corrected chi connectivity index (χ1v) is 18.9. The molecule has 10 rings (SSSR count). The van der Waals surface area contributed by atoms with Crippen molar-refractivity contribution in [2.75, 3.05) is 0 Å². The van der Waals surface area contributed by atoms with Gasteiger partial charge in [0.2, 0.25) is 0 Å². The third-order valence-corrected chi connectivity index (χ3v) is 14.7. The summed E-state index contributed by atoms with van der Waals surface area (Å²) >= 11 is 0. The van der Waals surface area contributed by atoms with Crippen LogP contribution in [-0.4, -0.2) is 17.2 Å². The molecule has 0 bridgehead atoms. The van der Waals surface area contributed by atoms with E-state index in [4.69, 9.17) is 5.48 Å². The lowest BCUT2D eigenvalue weighted by Crippen LogP contribution is -2.74. The Morgan fingerprint density at radius 2 is 0.784 bits per heavy atom. The minimum atomic E-state index is -3.76. The number of hydrogen-bond donors (Lipinski definition) is 0. The van der Waals surface area contributed by atoms with Crippen molar-refractivity contribution in [1.29, 1.82) is 0 Å². The topological polar surface area (TPSA) is 9.86 Å². The van der Waals surface area contributed by atoms with Crippen molar-refractivity contribution in [1.82, 2.24) is 9.13 Å². The van der Waals surface area contributed by atoms with Crippen LogP contribution in [0.4, 0.5) is 0 Å². The number of rotatable bonds is 6. The van der Waals surface area contributed by atoms with Gasteiger partial charge in [0.1, 0.15) is 0 Å². The second kappa shape index (κ2) is 11.9. The second-order valence-electron chi connectivity index (χ2n) is 12.6. The van der Waals surface area contributed by atoms with E-state index in [9.17, 15) is 6.85 Å². The van der Waals surface area contributed by atoms with Crippen molar-refractivity contribution < 1.29 is 12.3 Å². The van der Waals surface area contributed by atoms with Gasteiger partial charge in [0.25, 0.3) is 0 Å². The largest absolute Gasteiger partial charge is 0.309 e. The van der Waals surface area contributed by atoms with Gasteiger partial charge in [-0.15, -0.1) is 0 Å². The normalized spacial score (nSPS) is 14.4. The first-order valence-electron chi connectivity index (χ1n) is 21.4. The van der Waals surface area contributed by atoms with Gasteiger partial charge in [-0.05, 0) is 63.1 Å². The Morgan fingerprint density at radius 3 is 1.27 bits per heavy atom. The molecule has 0 saturated heterocycles. The van der Waals surface area contributed by atoms with Crippen LogP contribution in [0.5, 0.6) is 0 Å². The van der Waals surface area contributed by atoms with Gasteiger partial charge >= 0.3 is 0 Å². The Labute approximate surface area is 310 Å². The molecular formula is C48H34N2Si. The third-order valence-electron chi connectivity index (χ3n) is 9.96. The van der Waals surface area contributed by atoms with Crippen molar-refractivity contribution in [2.45, 2.75) is 0 Å². The summed E-state index contributed by atoms with van der Waals surface area (Å²) in [7, 11) is -3.76. The molecule has 0 fully saturated rings. The Hall–Kier alpha value is -6.42. The number of nitrogens with zero attached hydrogens (tertiary/aromatic N) is 2. The molecule has 0 aliphatic heterocycles. The quantitative estimate of drug-likeness (QED) is 0.123. The standard InChI is InChI=1S/C48H34N2Si/c1-6-20-35(21-7-1)49-42-32-18-16-30-40(42)46-44(49)34-45(47-41-31-17-19-33-43(41)50(48(46)47)36-22-8-2-9-23-36)51(37-24-10-3-11-25-37,38-26-12-4-13-27-38)39-28-14-5-15-29-39/h1-34H/i16D,17D,18D,19D,30D,31D,32D,33D,34D. The van der Waals surface area contributed by atoms with Crippen LogP contribution in [0.2, 0.25) is 0 Å². The van der Waals surface area contributed by atoms with Crippen molar-refractivity contribution in [3.8, 4) is 11.4 Å². The highest BCUT2D eigenvalue weighted by Crippen LogP contribution is 2.42. The molecule has 0 saturated carbocycles. The van der Waals surface area contributed by atoms with E-state index in [2.05, 4.69) is 36.4 Å². The van der Waals surface area contributed by atoms with Crippen LogP contribution in [0.1, 0.15) is 12.3 Å². The molecule has 2 aromatic heterocycles. The van der Waals surface area contributed by atoms with Crippen LogP contribution in [0.15, 0.2) is 206 Å². The lowest BCUT2D eigenvalue weighted by atomic mass is 10.1. The fraction of sp³-hybridized carbons (Fsp3) is 0. The summed E-state index contributed by atoms with van der Waals surface area (Å²) in [5.41, 5.74) is 2.31. The Balaban J connectivity index is 1.67. The Morgan fingerprint density at radius 1 is 0.392 bits per heavy atom. The molecular weight excluding hydrogens is 633 g/mol. The molecule has 0 aliphatic carbocycles. The maximum absolute atomic E-state index is 10.9. The molecule has 2 heterocycles. The molecule has 0 atom stereocenters. The van der Waals surface area contributed by atoms with Gasteiger partial charge in [-0.2, -0.15) is 0 Å². The summed E-state index contributed by atoms with van der Waals surface area (Å²) in [6, 6.07) is 46.0. The maximum Gasteiger partial charge on any atom is 0.180 e. The lowest BCUT2D eigenvalue weighted by Gasteiger charge is -2.35. The Kier molecular flexibility index (Phi) is 5.03. The van der Waals surface area contributed by atoms with Crippen molar-refractivity contribution in [2.24, 2.45) is 0 Å². The van der Waals surface area contributed by atoms with Crippen molar-refractivity contribution in [3.63, 3.8) is 0 Å². The summed E-state index contributed by atoms with van der Waals surface area (Å²) in [6.45, 7) is 0. The molecule has 0 amide bonds. The highest BCUT2D eigenvalue weighted by molar-refractivity contribution is 7.21. The number of fused-ring (bicyclic) bond motifs is 7. The molecule has 8 aromatic carbocycles. The molecule has 0 N–H and O–H groups in total. The van der Waals surface area contributed by atoms with Gasteiger partial charge in [0, 0.05) is 32.9 Å². The van der Waals surface area contributed by atoms with Gasteiger partial charge < -0.3 is 9.13 Å². The summed E-state index contributed by atoms with van der Waals surface area (Å²) in [5.74, 6) is 0. The van der Waals surface area contributed by atoms with Crippen LogP contribution >= 0.6 is 0 Å². The fourth-order valence-corrected chi connectivity index (χ4v) is 12.8. The van der Waals surface area contributed by atoms with Gasteiger partial charge in [-0.3, -0.25) is 0 Å². The minimum Gasteiger partial charge on any atom is -0.309 e. The van der Waals surface area contributed by atoms with E-state index in [0.717, 1.165) is 15.6 Å². The van der Waals surface area contributed by atoms with E-state index >= 15 is 0 Å². The zero-order valence-electron chi connectivity index (χ0n) is 36.3. The predicted molar refractivity (Wildman–Crippen MR) is 219 cm³/mol. The molecule has 0 spiro atoms. The van der Waals surface area contributed by atoms with Crippen LogP contribution in [0.25, 0.3) is 55.0 Å². The van der Waals surface area contributed by atoms with Crippen LogP contribution in [0, 0.1) is 0 Å². The van der Waals surface area contributed by atoms with Crippen LogP contribution in [-0.2, 0) is 0 Å². The van der Waals surface area contributed by atoms with E-state index < -0.39 is 32.2 Å². The average Bonchev–Trinajstić information content (AvgIpc) is 3.84. The summed E-state index contributed by atoms with van der Waals surface area (Å²) in [6.07, 6.45) is 0. The SMILES string of the molecule is [2H]c1c([2H])c([2H])c2c(c1[2H])c1c(c([2H])c([Si](c3ccccc3)(c3ccccc3)c3ccccc3)c3c4c([2H])c([2H])c([2H])c([2H])c4n(-c4ccccc4)c31)n2-c1ccccc1. The molecule has 0 aliphatic rings. The number of aromatic nitrogens is 2. The molecule has 51 heavy (non-hydrogen) atoms. The smallest absolute Gasteiger partial charge is 0.180 e. The van der Waals surface area contributed by atoms with Crippen LogP contribution in [0.3, 0.4) is 0 Å². The van der Waals surface area contributed by atoms with E-state index in [-0.39, 0.29) is 52.0 Å². The predicted octanol–water partition coefficient (Wildman–Crippen LogP) is 9.26.